The van der Waals surface area contributed by atoms with Gasteiger partial charge in [-0.2, -0.15) is 0 Å². The van der Waals surface area contributed by atoms with Gasteiger partial charge in [-0.3, -0.25) is 20.2 Å². The smallest absolute Gasteiger partial charge is 0.320 e. The Balaban J connectivity index is 0.000000229. The van der Waals surface area contributed by atoms with E-state index < -0.39 is 18.9 Å². The van der Waals surface area contributed by atoms with Crippen molar-refractivity contribution in [3.05, 3.63) is 35.9 Å². The highest BCUT2D eigenvalue weighted by Crippen LogP contribution is 2.29. The molecule has 0 saturated heterocycles. The lowest BCUT2D eigenvalue weighted by Gasteiger charge is -2.22. The molecule has 316 valence electrons. The highest BCUT2D eigenvalue weighted by molar-refractivity contribution is 6.76. The molecule has 2 saturated carbocycles. The molecular weight excluding hydrogens is 753 g/mol. The fourth-order valence-electron chi connectivity index (χ4n) is 7.02. The molecule has 0 atom stereocenters. The largest absolute Gasteiger partial charge is 0.361 e. The van der Waals surface area contributed by atoms with Gasteiger partial charge in [-0.1, -0.05) is 99.7 Å². The molecule has 0 unspecified atom stereocenters. The van der Waals surface area contributed by atoms with Crippen molar-refractivity contribution in [3.63, 3.8) is 0 Å². The topological polar surface area (TPSA) is 198 Å². The van der Waals surface area contributed by atoms with Gasteiger partial charge in [0.05, 0.1) is 23.5 Å². The standard InChI is InChI=1S/C24H39N5O3Si.C18H25N5O2/c1-24(2,3)21(30)18-15-29(16-32-12-13-33(4,5)6)22-20(18)27-19(14-25-22)28-23(31)26-17-10-8-7-9-11-17;1-18(2,3)15(24)12-9-19-16-14(12)22-13(10-20-16)23-17(25)21-11-7-5-4-6-8-11/h14-15,17H,7-13,16H2,1-6H3,(H2,26,27,28,31);9-11H,4-8H2,1-3H3,(H,19,20)(H2,21,22,23,25). The molecule has 0 bridgehead atoms. The van der Waals surface area contributed by atoms with Crippen LogP contribution in [0.25, 0.3) is 22.3 Å². The van der Waals surface area contributed by atoms with Crippen molar-refractivity contribution in [2.45, 2.75) is 150 Å². The average Bonchev–Trinajstić information content (AvgIpc) is 3.73. The average molecular weight is 817 g/mol. The summed E-state index contributed by atoms with van der Waals surface area (Å²) >= 11 is 0. The number of ketones is 2. The number of rotatable bonds is 11. The number of fused-ring (bicyclic) bond motifs is 2. The predicted octanol–water partition coefficient (Wildman–Crippen LogP) is 9.07. The number of nitrogens with zero attached hydrogens (tertiary/aromatic N) is 5. The molecule has 4 aromatic heterocycles. The highest BCUT2D eigenvalue weighted by atomic mass is 28.3. The van der Waals surface area contributed by atoms with E-state index in [0.29, 0.717) is 58.4 Å². The van der Waals surface area contributed by atoms with Gasteiger partial charge in [0.25, 0.3) is 0 Å². The molecule has 2 aliphatic rings. The number of hydrogen-bond acceptors (Lipinski definition) is 9. The number of anilines is 2. The number of Topliss-reactive ketones (excluding diaryl/α,β-unsaturated/α-hetero) is 2. The highest BCUT2D eigenvalue weighted by Gasteiger charge is 2.29. The molecule has 6 rings (SSSR count). The van der Waals surface area contributed by atoms with E-state index in [4.69, 9.17) is 4.74 Å². The van der Waals surface area contributed by atoms with E-state index in [1.807, 2.05) is 46.1 Å². The quantitative estimate of drug-likeness (QED) is 0.0557. The first-order valence-electron chi connectivity index (χ1n) is 20.8. The lowest BCUT2D eigenvalue weighted by atomic mass is 9.87. The third kappa shape index (κ3) is 12.4. The molecule has 16 heteroatoms. The van der Waals surface area contributed by atoms with Gasteiger partial charge in [-0.25, -0.2) is 29.5 Å². The molecule has 4 heterocycles. The first-order valence-corrected chi connectivity index (χ1v) is 24.5. The Hall–Kier alpha value is -4.70. The number of carbonyl (C=O) groups is 4. The Labute approximate surface area is 343 Å². The van der Waals surface area contributed by atoms with Gasteiger partial charge in [0.2, 0.25) is 0 Å². The van der Waals surface area contributed by atoms with Gasteiger partial charge in [0.15, 0.2) is 34.5 Å². The van der Waals surface area contributed by atoms with Crippen LogP contribution in [-0.2, 0) is 11.5 Å². The number of aromatic nitrogens is 6. The van der Waals surface area contributed by atoms with Crippen molar-refractivity contribution in [2.75, 3.05) is 17.2 Å². The minimum absolute atomic E-state index is 0.0168. The SMILES string of the molecule is CC(C)(C)C(=O)c1c[nH]c2ncc(NC(=O)NC3CCCCC3)nc12.CC(C)(C)C(=O)c1cn(COCC[Si](C)(C)C)c2ncc(NC(=O)NC3CCCCC3)nc12. The number of amides is 4. The van der Waals surface area contributed by atoms with Crippen molar-refractivity contribution >= 4 is 65.7 Å². The van der Waals surface area contributed by atoms with Gasteiger partial charge in [0.1, 0.15) is 17.8 Å². The number of carbonyl (C=O) groups excluding carboxylic acids is 4. The zero-order chi connectivity index (χ0) is 42.3. The van der Waals surface area contributed by atoms with Crippen molar-refractivity contribution < 1.29 is 23.9 Å². The van der Waals surface area contributed by atoms with Crippen molar-refractivity contribution in [3.8, 4) is 0 Å². The Morgan fingerprint density at radius 3 is 1.76 bits per heavy atom. The molecule has 0 spiro atoms. The normalized spacial score (nSPS) is 15.7. The molecule has 2 fully saturated rings. The van der Waals surface area contributed by atoms with Gasteiger partial charge >= 0.3 is 12.1 Å². The molecule has 4 aromatic rings. The van der Waals surface area contributed by atoms with Gasteiger partial charge in [-0.15, -0.1) is 0 Å². The van der Waals surface area contributed by atoms with Crippen LogP contribution < -0.4 is 21.3 Å². The summed E-state index contributed by atoms with van der Waals surface area (Å²) in [7, 11) is -1.19. The van der Waals surface area contributed by atoms with Crippen molar-refractivity contribution in [2.24, 2.45) is 10.8 Å². The van der Waals surface area contributed by atoms with Crippen LogP contribution in [0.4, 0.5) is 21.2 Å². The molecule has 0 aromatic carbocycles. The van der Waals surface area contributed by atoms with E-state index in [-0.39, 0.29) is 35.7 Å². The van der Waals surface area contributed by atoms with Gasteiger partial charge in [0, 0.05) is 50.0 Å². The molecular formula is C42H64N10O5Si. The van der Waals surface area contributed by atoms with E-state index >= 15 is 0 Å². The second-order valence-electron chi connectivity index (χ2n) is 19.0. The zero-order valence-electron chi connectivity index (χ0n) is 35.9. The number of nitrogens with one attached hydrogen (secondary N) is 5. The maximum Gasteiger partial charge on any atom is 0.320 e. The lowest BCUT2D eigenvalue weighted by molar-refractivity contribution is 0.0846. The molecule has 4 amide bonds. The summed E-state index contributed by atoms with van der Waals surface area (Å²) in [6.45, 7) is 19.2. The van der Waals surface area contributed by atoms with Gasteiger partial charge in [-0.05, 0) is 31.7 Å². The number of ether oxygens (including phenoxy) is 1. The van der Waals surface area contributed by atoms with Gasteiger partial charge < -0.3 is 24.9 Å². The fraction of sp³-hybridized carbons (Fsp3) is 0.619. The zero-order valence-corrected chi connectivity index (χ0v) is 36.9. The third-order valence-corrected chi connectivity index (χ3v) is 12.1. The summed E-state index contributed by atoms with van der Waals surface area (Å²) < 4.78 is 7.73. The summed E-state index contributed by atoms with van der Waals surface area (Å²) in [4.78, 5) is 71.1. The Bertz CT molecular complexity index is 2060. The molecule has 5 N–H and O–H groups in total. The van der Waals surface area contributed by atoms with Crippen LogP contribution in [0.3, 0.4) is 0 Å². The second kappa shape index (κ2) is 18.9. The summed E-state index contributed by atoms with van der Waals surface area (Å²) in [6, 6.07) is 0.919. The summed E-state index contributed by atoms with van der Waals surface area (Å²) in [5.41, 5.74) is 1.98. The third-order valence-electron chi connectivity index (χ3n) is 10.4. The number of urea groups is 2. The minimum Gasteiger partial charge on any atom is -0.361 e. The predicted molar refractivity (Wildman–Crippen MR) is 231 cm³/mol. The summed E-state index contributed by atoms with van der Waals surface area (Å²) in [5, 5.41) is 11.5. The van der Waals surface area contributed by atoms with Crippen LogP contribution in [0.2, 0.25) is 25.7 Å². The van der Waals surface area contributed by atoms with E-state index in [0.717, 1.165) is 57.4 Å². The van der Waals surface area contributed by atoms with E-state index in [1.165, 1.54) is 25.2 Å². The molecule has 0 aliphatic heterocycles. The molecule has 2 aliphatic carbocycles. The lowest BCUT2D eigenvalue weighted by Crippen LogP contribution is -2.39. The Morgan fingerprint density at radius 1 is 0.741 bits per heavy atom. The van der Waals surface area contributed by atoms with Crippen LogP contribution in [0.1, 0.15) is 126 Å². The van der Waals surface area contributed by atoms with Crippen LogP contribution in [0, 0.1) is 10.8 Å². The van der Waals surface area contributed by atoms with E-state index in [9.17, 15) is 19.2 Å². The molecule has 15 nitrogen and oxygen atoms in total. The van der Waals surface area contributed by atoms with E-state index in [2.05, 4.69) is 65.8 Å². The maximum absolute atomic E-state index is 13.1. The molecule has 58 heavy (non-hydrogen) atoms. The Kier molecular flexibility index (Phi) is 14.5. The van der Waals surface area contributed by atoms with Crippen LogP contribution >= 0.6 is 0 Å². The summed E-state index contributed by atoms with van der Waals surface area (Å²) in [5.74, 6) is 0.628. The minimum atomic E-state index is -1.19. The first-order chi connectivity index (χ1) is 27.3. The van der Waals surface area contributed by atoms with Crippen LogP contribution in [0.15, 0.2) is 24.8 Å². The van der Waals surface area contributed by atoms with Crippen molar-refractivity contribution in [1.29, 1.82) is 0 Å². The number of H-pyrrole nitrogens is 1. The number of aromatic amines is 1. The Morgan fingerprint density at radius 2 is 1.24 bits per heavy atom. The summed E-state index contributed by atoms with van der Waals surface area (Å²) in [6.07, 6.45) is 17.5. The molecule has 0 radical (unpaired) electrons. The first kappa shape index (κ1) is 44.4. The fourth-order valence-corrected chi connectivity index (χ4v) is 7.78. The van der Waals surface area contributed by atoms with Crippen LogP contribution in [0.5, 0.6) is 0 Å². The van der Waals surface area contributed by atoms with Crippen LogP contribution in [-0.4, -0.2) is 79.9 Å². The maximum atomic E-state index is 13.1. The van der Waals surface area contributed by atoms with Crippen molar-refractivity contribution in [1.82, 2.24) is 40.1 Å². The van der Waals surface area contributed by atoms with E-state index in [1.54, 1.807) is 12.4 Å². The second-order valence-corrected chi connectivity index (χ2v) is 24.6. The monoisotopic (exact) mass is 816 g/mol. The number of hydrogen-bond donors (Lipinski definition) is 5.